The minimum Gasteiger partial charge on any atom is -0.0622 e. The summed E-state index contributed by atoms with van der Waals surface area (Å²) in [6, 6.07) is 43.5. The molecule has 0 N–H and O–H groups in total. The van der Waals surface area contributed by atoms with Gasteiger partial charge in [0.05, 0.1) is 9.60 Å². The maximum atomic E-state index is 10.1. The average Bonchev–Trinajstić information content (AvgIpc) is 3.20. The van der Waals surface area contributed by atoms with Gasteiger partial charge in [-0.2, -0.15) is 0 Å². The summed E-state index contributed by atoms with van der Waals surface area (Å²) >= 11 is 0. The molecule has 214 valence electrons. The number of hydrogen-bond donors (Lipinski definition) is 0. The van der Waals surface area contributed by atoms with Gasteiger partial charge in [-0.15, -0.1) is 0 Å². The lowest BCUT2D eigenvalue weighted by Gasteiger charge is -2.20. The van der Waals surface area contributed by atoms with E-state index in [1.165, 1.54) is 0 Å². The molecule has 0 fully saturated rings. The Kier molecular flexibility index (Phi) is 4.76. The predicted octanol–water partition coefficient (Wildman–Crippen LogP) is 13.0. The second-order valence-electron chi connectivity index (χ2n) is 11.5. The van der Waals surface area contributed by atoms with E-state index in [1.54, 1.807) is 0 Å². The Hall–Kier alpha value is -5.98. The Labute approximate surface area is 278 Å². The molecular formula is C46H30. The van der Waals surface area contributed by atoms with Crippen molar-refractivity contribution in [1.82, 2.24) is 0 Å². The fraction of sp³-hybridized carbons (Fsp3) is 0. The normalized spacial score (nSPS) is 13.6. The highest BCUT2D eigenvalue weighted by molar-refractivity contribution is 6.24. The van der Waals surface area contributed by atoms with Crippen LogP contribution in [0.25, 0.3) is 87.6 Å². The molecule has 0 heterocycles. The Morgan fingerprint density at radius 3 is 1.83 bits per heavy atom. The molecule has 46 heavy (non-hydrogen) atoms. The van der Waals surface area contributed by atoms with Crippen LogP contribution in [0, 0.1) is 0 Å². The molecule has 0 radical (unpaired) electrons. The lowest BCUT2D eigenvalue weighted by atomic mass is 9.83. The molecule has 0 nitrogen and oxygen atoms in total. The van der Waals surface area contributed by atoms with Crippen molar-refractivity contribution in [2.45, 2.75) is 0 Å². The van der Waals surface area contributed by atoms with Crippen molar-refractivity contribution in [2.75, 3.05) is 0 Å². The molecule has 0 bridgehead atoms. The van der Waals surface area contributed by atoms with Gasteiger partial charge in [-0.25, -0.2) is 0 Å². The van der Waals surface area contributed by atoms with Crippen LogP contribution in [0.5, 0.6) is 0 Å². The second-order valence-corrected chi connectivity index (χ2v) is 11.5. The third-order valence-electron chi connectivity index (χ3n) is 8.86. The Balaban J connectivity index is 1.55. The zero-order valence-corrected chi connectivity index (χ0v) is 24.8. The molecule has 0 saturated carbocycles. The van der Waals surface area contributed by atoms with E-state index in [0.29, 0.717) is 44.2 Å². The largest absolute Gasteiger partial charge is 0.0636 e. The van der Waals surface area contributed by atoms with E-state index in [1.807, 2.05) is 140 Å². The summed E-state index contributed by atoms with van der Waals surface area (Å²) in [6.45, 7) is 0. The van der Waals surface area contributed by atoms with Crippen molar-refractivity contribution in [2.24, 2.45) is 0 Å². The first-order valence-corrected chi connectivity index (χ1v) is 15.4. The van der Waals surface area contributed by atoms with Crippen molar-refractivity contribution < 1.29 is 9.60 Å². The summed E-state index contributed by atoms with van der Waals surface area (Å²) in [5.41, 5.74) is 4.93. The molecule has 0 saturated heterocycles. The second kappa shape index (κ2) is 10.9. The van der Waals surface area contributed by atoms with Crippen LogP contribution in [-0.2, 0) is 0 Å². The molecule has 0 spiro atoms. The van der Waals surface area contributed by atoms with E-state index in [0.717, 1.165) is 32.7 Å². The topological polar surface area (TPSA) is 0 Å². The van der Waals surface area contributed by atoms with Gasteiger partial charge < -0.3 is 0 Å². The third-order valence-corrected chi connectivity index (χ3v) is 8.86. The van der Waals surface area contributed by atoms with E-state index in [2.05, 4.69) is 0 Å². The number of benzene rings is 9. The quantitative estimate of drug-likeness (QED) is 0.179. The minimum atomic E-state index is -0.386. The first kappa shape index (κ1) is 20.1. The standard InChI is InChI=1S/C46H30/c1-2-12-31(13-3-1)35-18-10-19-38(29-35)45-41-21-8-9-22-42(41)46(40-23-11-17-33-15-6-7-20-39(33)40)44-30-37(26-27-43(44)45)36-25-24-32-14-4-5-16-34(32)28-36/h1-30H/i8D,9D,21D,22D,26D,27D,30D. The molecule has 0 atom stereocenters. The van der Waals surface area contributed by atoms with Crippen molar-refractivity contribution >= 4 is 43.1 Å². The summed E-state index contributed by atoms with van der Waals surface area (Å²) in [4.78, 5) is 0. The van der Waals surface area contributed by atoms with Gasteiger partial charge in [0.15, 0.2) is 0 Å². The van der Waals surface area contributed by atoms with E-state index >= 15 is 0 Å². The zero-order valence-electron chi connectivity index (χ0n) is 31.8. The molecule has 0 amide bonds. The molecule has 0 aliphatic heterocycles. The van der Waals surface area contributed by atoms with Crippen LogP contribution in [0.3, 0.4) is 0 Å². The van der Waals surface area contributed by atoms with Crippen molar-refractivity contribution in [1.29, 1.82) is 0 Å². The van der Waals surface area contributed by atoms with Crippen LogP contribution >= 0.6 is 0 Å². The monoisotopic (exact) mass is 589 g/mol. The number of rotatable bonds is 4. The Morgan fingerprint density at radius 2 is 0.957 bits per heavy atom. The first-order valence-electron chi connectivity index (χ1n) is 18.9. The van der Waals surface area contributed by atoms with Crippen LogP contribution in [-0.4, -0.2) is 0 Å². The van der Waals surface area contributed by atoms with Crippen molar-refractivity contribution in [3.05, 3.63) is 182 Å². The minimum absolute atomic E-state index is 0.0222. The predicted molar refractivity (Wildman–Crippen MR) is 198 cm³/mol. The van der Waals surface area contributed by atoms with Gasteiger partial charge in [0.1, 0.15) is 0 Å². The molecule has 0 heteroatoms. The van der Waals surface area contributed by atoms with Gasteiger partial charge in [0, 0.05) is 0 Å². The summed E-state index contributed by atoms with van der Waals surface area (Å²) in [5.74, 6) is 0. The van der Waals surface area contributed by atoms with Gasteiger partial charge in [-0.3, -0.25) is 0 Å². The van der Waals surface area contributed by atoms with Crippen LogP contribution < -0.4 is 0 Å². The van der Waals surface area contributed by atoms with Crippen LogP contribution in [0.4, 0.5) is 0 Å². The third kappa shape index (κ3) is 4.38. The molecule has 9 aromatic rings. The molecule has 0 unspecified atom stereocenters. The summed E-state index contributed by atoms with van der Waals surface area (Å²) < 4.78 is 66.0. The molecule has 0 aliphatic rings. The highest BCUT2D eigenvalue weighted by atomic mass is 14.2. The maximum Gasteiger partial charge on any atom is 0.0636 e. The lowest BCUT2D eigenvalue weighted by molar-refractivity contribution is 1.61. The van der Waals surface area contributed by atoms with E-state index in [-0.39, 0.29) is 53.1 Å². The van der Waals surface area contributed by atoms with Crippen LogP contribution in [0.1, 0.15) is 9.60 Å². The van der Waals surface area contributed by atoms with E-state index < -0.39 is 0 Å². The van der Waals surface area contributed by atoms with Gasteiger partial charge in [-0.1, -0.05) is 164 Å². The molecule has 0 aromatic heterocycles. The smallest absolute Gasteiger partial charge is 0.0622 e. The van der Waals surface area contributed by atoms with Crippen LogP contribution in [0.2, 0.25) is 0 Å². The Morgan fingerprint density at radius 1 is 0.326 bits per heavy atom. The highest BCUT2D eigenvalue weighted by Crippen LogP contribution is 2.46. The summed E-state index contributed by atoms with van der Waals surface area (Å²) in [6.07, 6.45) is 0. The molecule has 0 aliphatic carbocycles. The van der Waals surface area contributed by atoms with E-state index in [4.69, 9.17) is 2.74 Å². The molecule has 9 rings (SSSR count). The average molecular weight is 590 g/mol. The summed E-state index contributed by atoms with van der Waals surface area (Å²) in [5, 5.41) is 4.92. The lowest BCUT2D eigenvalue weighted by Crippen LogP contribution is -1.93. The fourth-order valence-corrected chi connectivity index (χ4v) is 6.69. The first-order chi connectivity index (χ1) is 25.7. The SMILES string of the molecule is [2H]c1c([2H])c([2H])c2c(-c3cccc4ccccc34)c3c([2H])c(-c4ccc5ccccc5c4)c([2H])c([2H])c3c(-c3cccc(-c4ccccc4)c3)c2c1[2H]. The van der Waals surface area contributed by atoms with Crippen LogP contribution in [0.15, 0.2) is 182 Å². The van der Waals surface area contributed by atoms with Gasteiger partial charge in [-0.05, 0) is 106 Å². The number of fused-ring (bicyclic) bond motifs is 4. The Bertz CT molecular complexity index is 2960. The number of hydrogen-bond acceptors (Lipinski definition) is 0. The van der Waals surface area contributed by atoms with Crippen molar-refractivity contribution in [3.63, 3.8) is 0 Å². The van der Waals surface area contributed by atoms with Crippen molar-refractivity contribution in [3.8, 4) is 44.5 Å². The fourth-order valence-electron chi connectivity index (χ4n) is 6.69. The van der Waals surface area contributed by atoms with Gasteiger partial charge >= 0.3 is 0 Å². The maximum absolute atomic E-state index is 10.1. The van der Waals surface area contributed by atoms with Gasteiger partial charge in [0.25, 0.3) is 0 Å². The zero-order chi connectivity index (χ0) is 36.5. The summed E-state index contributed by atoms with van der Waals surface area (Å²) in [7, 11) is 0. The van der Waals surface area contributed by atoms with Gasteiger partial charge in [0.2, 0.25) is 0 Å². The highest BCUT2D eigenvalue weighted by Gasteiger charge is 2.19. The van der Waals surface area contributed by atoms with E-state index in [9.17, 15) is 6.85 Å². The molecule has 9 aromatic carbocycles. The molecular weight excluding hydrogens is 553 g/mol.